The molecular weight excluding hydrogens is 536 g/mol. The van der Waals surface area contributed by atoms with Gasteiger partial charge in [-0.15, -0.1) is 0 Å². The highest BCUT2D eigenvalue weighted by Crippen LogP contribution is 2.35. The maximum atomic E-state index is 12.3. The van der Waals surface area contributed by atoms with Gasteiger partial charge < -0.3 is 25.8 Å². The summed E-state index contributed by atoms with van der Waals surface area (Å²) in [5, 5.41) is 28.5. The first-order valence-electron chi connectivity index (χ1n) is 14.4. The Hall–Kier alpha value is -5.17. The second-order valence-corrected chi connectivity index (χ2v) is 9.85. The van der Waals surface area contributed by atoms with E-state index in [1.54, 1.807) is 32.2 Å². The molecule has 4 aromatic carbocycles. The average molecular weight is 577 g/mol. The van der Waals surface area contributed by atoms with E-state index in [2.05, 4.69) is 39.5 Å². The number of hydrogen-bond donors (Lipinski definition) is 4. The number of nitrogens with one attached hydrogen (secondary N) is 2. The Kier molecular flexibility index (Phi) is 12.3. The van der Waals surface area contributed by atoms with Crippen molar-refractivity contribution in [2.24, 2.45) is 4.99 Å². The fourth-order valence-corrected chi connectivity index (χ4v) is 4.35. The van der Waals surface area contributed by atoms with E-state index in [0.717, 1.165) is 42.0 Å². The number of benzene rings is 4. The number of fused-ring (bicyclic) bond motifs is 1. The number of aliphatic imine (C=N–C) groups is 1. The van der Waals surface area contributed by atoms with Gasteiger partial charge in [-0.3, -0.25) is 9.79 Å². The highest BCUT2D eigenvalue weighted by molar-refractivity contribution is 6.02. The van der Waals surface area contributed by atoms with Crippen LogP contribution in [0.5, 0.6) is 11.5 Å². The summed E-state index contributed by atoms with van der Waals surface area (Å²) < 4.78 is 0. The molecule has 222 valence electrons. The standard InChI is InChI=1S/C31H27N3O3.C3H7N.C2H6/c35-29-16-9-23(20-30(29)36)21-32-25-11-13-27(14-12-25)34-18-4-5-24-19-22(8-15-28(24)34)10-17-31(37)33-26-6-2-1-3-7-26;1-3(2)4;1-2/h1-3,6-17,19-21,35-36H,4-5,18H2,(H,33,37);4H,1-2H3;1-2H3/b17-10-,32-21?;;. The van der Waals surface area contributed by atoms with Crippen molar-refractivity contribution in [3.8, 4) is 11.5 Å². The van der Waals surface area contributed by atoms with Crippen molar-refractivity contribution in [2.75, 3.05) is 16.8 Å². The monoisotopic (exact) mass is 576 g/mol. The molecule has 0 saturated carbocycles. The highest BCUT2D eigenvalue weighted by Gasteiger charge is 2.18. The first kappa shape index (κ1) is 32.3. The molecule has 7 nitrogen and oxygen atoms in total. The van der Waals surface area contributed by atoms with Crippen LogP contribution in [-0.4, -0.2) is 34.6 Å². The lowest BCUT2D eigenvalue weighted by atomic mass is 9.98. The zero-order chi connectivity index (χ0) is 31.2. The highest BCUT2D eigenvalue weighted by atomic mass is 16.3. The van der Waals surface area contributed by atoms with Gasteiger partial charge in [0.2, 0.25) is 5.91 Å². The maximum absolute atomic E-state index is 12.3. The Morgan fingerprint density at radius 3 is 2.23 bits per heavy atom. The number of nitrogens with zero attached hydrogens (tertiary/aromatic N) is 2. The average Bonchev–Trinajstić information content (AvgIpc) is 3.02. The molecule has 1 heterocycles. The van der Waals surface area contributed by atoms with E-state index >= 15 is 0 Å². The van der Waals surface area contributed by atoms with E-state index in [1.165, 1.54) is 23.4 Å². The Morgan fingerprint density at radius 2 is 1.56 bits per heavy atom. The van der Waals surface area contributed by atoms with E-state index in [0.29, 0.717) is 11.3 Å². The third-order valence-electron chi connectivity index (χ3n) is 6.21. The molecule has 4 aromatic rings. The Labute approximate surface area is 254 Å². The molecule has 1 aliphatic rings. The quantitative estimate of drug-likeness (QED) is 0.105. The van der Waals surface area contributed by atoms with Gasteiger partial charge in [0.25, 0.3) is 0 Å². The Balaban J connectivity index is 0.000000780. The molecule has 43 heavy (non-hydrogen) atoms. The van der Waals surface area contributed by atoms with Gasteiger partial charge >= 0.3 is 0 Å². The smallest absolute Gasteiger partial charge is 0.248 e. The minimum Gasteiger partial charge on any atom is -0.504 e. The summed E-state index contributed by atoms with van der Waals surface area (Å²) in [5.41, 5.74) is 7.45. The summed E-state index contributed by atoms with van der Waals surface area (Å²) in [6.07, 6.45) is 7.09. The summed E-state index contributed by atoms with van der Waals surface area (Å²) >= 11 is 0. The van der Waals surface area contributed by atoms with Gasteiger partial charge in [-0.05, 0) is 116 Å². The van der Waals surface area contributed by atoms with Gasteiger partial charge in [-0.1, -0.05) is 38.1 Å². The predicted molar refractivity (Wildman–Crippen MR) is 180 cm³/mol. The van der Waals surface area contributed by atoms with Crippen LogP contribution < -0.4 is 10.2 Å². The van der Waals surface area contributed by atoms with Crippen LogP contribution in [0.25, 0.3) is 6.08 Å². The minimum atomic E-state index is -0.169. The molecule has 0 aliphatic carbocycles. The molecule has 0 bridgehead atoms. The van der Waals surface area contributed by atoms with Crippen molar-refractivity contribution in [1.29, 1.82) is 5.41 Å². The van der Waals surface area contributed by atoms with Gasteiger partial charge in [-0.2, -0.15) is 0 Å². The number of hydrogen-bond acceptors (Lipinski definition) is 6. The van der Waals surface area contributed by atoms with E-state index in [9.17, 15) is 15.0 Å². The molecular formula is C36H40N4O3. The van der Waals surface area contributed by atoms with Gasteiger partial charge in [-0.25, -0.2) is 0 Å². The third kappa shape index (κ3) is 10.0. The fraction of sp³-hybridized carbons (Fsp3) is 0.194. The van der Waals surface area contributed by atoms with Crippen molar-refractivity contribution in [3.63, 3.8) is 0 Å². The fourth-order valence-electron chi connectivity index (χ4n) is 4.35. The molecule has 0 fully saturated rings. The number of carbonyl (C=O) groups is 1. The lowest BCUT2D eigenvalue weighted by Crippen LogP contribution is -2.24. The summed E-state index contributed by atoms with van der Waals surface area (Å²) in [6, 6.07) is 28.3. The minimum absolute atomic E-state index is 0.153. The molecule has 1 amide bonds. The lowest BCUT2D eigenvalue weighted by Gasteiger charge is -2.31. The Morgan fingerprint density at radius 1 is 0.884 bits per heavy atom. The molecule has 4 N–H and O–H groups in total. The van der Waals surface area contributed by atoms with Crippen LogP contribution in [-0.2, 0) is 11.2 Å². The number of para-hydroxylation sites is 1. The normalized spacial score (nSPS) is 12.0. The number of carbonyl (C=O) groups excluding carboxylic acids is 1. The molecule has 0 spiro atoms. The van der Waals surface area contributed by atoms with Crippen LogP contribution in [0.15, 0.2) is 102 Å². The van der Waals surface area contributed by atoms with Crippen molar-refractivity contribution in [3.05, 3.63) is 114 Å². The molecule has 0 unspecified atom stereocenters. The second-order valence-electron chi connectivity index (χ2n) is 9.85. The molecule has 0 aromatic heterocycles. The van der Waals surface area contributed by atoms with E-state index < -0.39 is 0 Å². The first-order chi connectivity index (χ1) is 20.8. The van der Waals surface area contributed by atoms with Crippen LogP contribution in [0.2, 0.25) is 0 Å². The second kappa shape index (κ2) is 16.3. The zero-order valence-electron chi connectivity index (χ0n) is 25.2. The summed E-state index contributed by atoms with van der Waals surface area (Å²) in [7, 11) is 0. The first-order valence-corrected chi connectivity index (χ1v) is 14.4. The molecule has 7 heteroatoms. The van der Waals surface area contributed by atoms with E-state index in [-0.39, 0.29) is 17.4 Å². The van der Waals surface area contributed by atoms with Crippen molar-refractivity contribution < 1.29 is 15.0 Å². The number of rotatable bonds is 6. The van der Waals surface area contributed by atoms with Crippen LogP contribution in [0.3, 0.4) is 0 Å². The third-order valence-corrected chi connectivity index (χ3v) is 6.21. The molecule has 0 saturated heterocycles. The van der Waals surface area contributed by atoms with Gasteiger partial charge in [0.15, 0.2) is 11.5 Å². The van der Waals surface area contributed by atoms with Gasteiger partial charge in [0.1, 0.15) is 0 Å². The van der Waals surface area contributed by atoms with Crippen LogP contribution >= 0.6 is 0 Å². The number of aromatic hydroxyl groups is 2. The van der Waals surface area contributed by atoms with Crippen LogP contribution in [0.4, 0.5) is 22.7 Å². The van der Waals surface area contributed by atoms with Gasteiger partial charge in [0.05, 0.1) is 5.69 Å². The van der Waals surface area contributed by atoms with Gasteiger partial charge in [0, 0.05) is 41.6 Å². The molecule has 5 rings (SSSR count). The largest absolute Gasteiger partial charge is 0.504 e. The predicted octanol–water partition coefficient (Wildman–Crippen LogP) is 8.66. The molecule has 0 radical (unpaired) electrons. The number of aryl methyl sites for hydroxylation is 1. The van der Waals surface area contributed by atoms with Crippen LogP contribution in [0.1, 0.15) is 50.8 Å². The number of phenols is 2. The van der Waals surface area contributed by atoms with E-state index in [1.807, 2.05) is 68.5 Å². The zero-order valence-corrected chi connectivity index (χ0v) is 25.2. The summed E-state index contributed by atoms with van der Waals surface area (Å²) in [5.74, 6) is -0.479. The van der Waals surface area contributed by atoms with Crippen LogP contribution in [0, 0.1) is 5.41 Å². The lowest BCUT2D eigenvalue weighted by molar-refractivity contribution is -0.111. The number of anilines is 3. The SMILES string of the molecule is CC.CC(C)=N.O=C(/C=C\c1ccc2c(c1)CCCN2c1ccc(N=Cc2ccc(O)c(O)c2)cc1)Nc1ccccc1. The number of amides is 1. The Bertz CT molecular complexity index is 1560. The summed E-state index contributed by atoms with van der Waals surface area (Å²) in [6.45, 7) is 8.43. The number of phenolic OH excluding ortho intramolecular Hbond substituents is 2. The van der Waals surface area contributed by atoms with E-state index in [4.69, 9.17) is 5.41 Å². The van der Waals surface area contributed by atoms with Crippen molar-refractivity contribution in [1.82, 2.24) is 0 Å². The topological polar surface area (TPSA) is 109 Å². The molecule has 0 atom stereocenters. The van der Waals surface area contributed by atoms with Crippen molar-refractivity contribution in [2.45, 2.75) is 40.5 Å². The summed E-state index contributed by atoms with van der Waals surface area (Å²) in [4.78, 5) is 19.0. The van der Waals surface area contributed by atoms with Crippen molar-refractivity contribution >= 4 is 46.7 Å². The molecule has 1 aliphatic heterocycles. The maximum Gasteiger partial charge on any atom is 0.248 e.